The predicted molar refractivity (Wildman–Crippen MR) is 78.5 cm³/mol. The summed E-state index contributed by atoms with van der Waals surface area (Å²) in [4.78, 5) is 4.26. The molecule has 0 aliphatic carbocycles. The molecule has 2 rings (SSSR count). The van der Waals surface area contributed by atoms with Crippen LogP contribution in [0.25, 0.3) is 0 Å². The van der Waals surface area contributed by atoms with E-state index in [1.165, 1.54) is 6.07 Å². The zero-order valence-electron chi connectivity index (χ0n) is 10.7. The zero-order valence-corrected chi connectivity index (χ0v) is 12.3. The molecule has 4 heteroatoms. The molecule has 1 heterocycles. The minimum absolute atomic E-state index is 0.0267. The maximum Gasteiger partial charge on any atom is 0.128 e. The first-order valence-electron chi connectivity index (χ1n) is 6.25. The van der Waals surface area contributed by atoms with Gasteiger partial charge in [-0.1, -0.05) is 22.0 Å². The summed E-state index contributed by atoms with van der Waals surface area (Å²) in [6.45, 7) is 2.73. The molecule has 0 aliphatic heterocycles. The van der Waals surface area contributed by atoms with Gasteiger partial charge in [0.05, 0.1) is 0 Å². The minimum Gasteiger partial charge on any atom is -0.310 e. The number of pyridine rings is 1. The van der Waals surface area contributed by atoms with Crippen LogP contribution >= 0.6 is 15.9 Å². The van der Waals surface area contributed by atoms with Crippen molar-refractivity contribution >= 4 is 15.9 Å². The fourth-order valence-corrected chi connectivity index (χ4v) is 2.30. The number of benzene rings is 1. The Hall–Kier alpha value is -1.26. The van der Waals surface area contributed by atoms with Gasteiger partial charge in [0.2, 0.25) is 0 Å². The first-order chi connectivity index (χ1) is 9.16. The van der Waals surface area contributed by atoms with Crippen LogP contribution in [0.1, 0.15) is 24.2 Å². The molecule has 0 radical (unpaired) electrons. The Balaban J connectivity index is 1.91. The van der Waals surface area contributed by atoms with Crippen molar-refractivity contribution in [1.82, 2.24) is 10.3 Å². The third-order valence-electron chi connectivity index (χ3n) is 2.98. The molecule has 1 aromatic heterocycles. The van der Waals surface area contributed by atoms with Gasteiger partial charge in [0.25, 0.3) is 0 Å². The lowest BCUT2D eigenvalue weighted by Crippen LogP contribution is -2.22. The average Bonchev–Trinajstić information content (AvgIpc) is 2.42. The monoisotopic (exact) mass is 322 g/mol. The molecule has 1 atom stereocenters. The van der Waals surface area contributed by atoms with Crippen molar-refractivity contribution in [3.05, 3.63) is 64.1 Å². The van der Waals surface area contributed by atoms with E-state index in [0.29, 0.717) is 5.56 Å². The molecule has 100 valence electrons. The molecular formula is C15H16BrFN2. The summed E-state index contributed by atoms with van der Waals surface area (Å²) < 4.78 is 14.6. The van der Waals surface area contributed by atoms with Crippen LogP contribution in [0.2, 0.25) is 0 Å². The topological polar surface area (TPSA) is 24.9 Å². The van der Waals surface area contributed by atoms with Crippen molar-refractivity contribution in [2.75, 3.05) is 6.54 Å². The largest absolute Gasteiger partial charge is 0.310 e. The summed E-state index contributed by atoms with van der Waals surface area (Å²) in [5, 5.41) is 3.31. The summed E-state index contributed by atoms with van der Waals surface area (Å²) >= 11 is 3.37. The lowest BCUT2D eigenvalue weighted by atomic mass is 10.1. The van der Waals surface area contributed by atoms with Crippen molar-refractivity contribution in [2.24, 2.45) is 0 Å². The first kappa shape index (κ1) is 14.2. The van der Waals surface area contributed by atoms with E-state index in [2.05, 4.69) is 26.2 Å². The molecule has 2 nitrogen and oxygen atoms in total. The summed E-state index contributed by atoms with van der Waals surface area (Å²) in [6.07, 6.45) is 2.62. The van der Waals surface area contributed by atoms with Crippen LogP contribution in [0.5, 0.6) is 0 Å². The molecule has 2 aromatic rings. The summed E-state index contributed by atoms with van der Waals surface area (Å²) in [5.74, 6) is -0.180. The van der Waals surface area contributed by atoms with E-state index >= 15 is 0 Å². The van der Waals surface area contributed by atoms with E-state index in [1.54, 1.807) is 12.3 Å². The maximum atomic E-state index is 13.7. The molecule has 1 unspecified atom stereocenters. The number of nitrogens with zero attached hydrogens (tertiary/aromatic N) is 1. The standard InChI is InChI=1S/C15H16BrFN2/c1-11(14-10-12(16)5-6-15(14)17)18-9-7-13-4-2-3-8-19-13/h2-6,8,10-11,18H,7,9H2,1H3. The number of halogens is 2. The minimum atomic E-state index is -0.180. The zero-order chi connectivity index (χ0) is 13.7. The maximum absolute atomic E-state index is 13.7. The van der Waals surface area contributed by atoms with E-state index in [1.807, 2.05) is 31.2 Å². The van der Waals surface area contributed by atoms with Crippen molar-refractivity contribution in [3.63, 3.8) is 0 Å². The molecule has 1 aromatic carbocycles. The summed E-state index contributed by atoms with van der Waals surface area (Å²) in [7, 11) is 0. The fourth-order valence-electron chi connectivity index (χ4n) is 1.92. The lowest BCUT2D eigenvalue weighted by molar-refractivity contribution is 0.529. The van der Waals surface area contributed by atoms with E-state index in [-0.39, 0.29) is 11.9 Å². The smallest absolute Gasteiger partial charge is 0.128 e. The number of rotatable bonds is 5. The lowest BCUT2D eigenvalue weighted by Gasteiger charge is -2.15. The van der Waals surface area contributed by atoms with Crippen molar-refractivity contribution < 1.29 is 4.39 Å². The second-order valence-electron chi connectivity index (χ2n) is 4.41. The van der Waals surface area contributed by atoms with Gasteiger partial charge in [-0.05, 0) is 37.3 Å². The van der Waals surface area contributed by atoms with Gasteiger partial charge in [0, 0.05) is 40.9 Å². The summed E-state index contributed by atoms with van der Waals surface area (Å²) in [6, 6.07) is 10.8. The Labute approximate surface area is 121 Å². The second kappa shape index (κ2) is 6.78. The number of aromatic nitrogens is 1. The van der Waals surface area contributed by atoms with Crippen molar-refractivity contribution in [2.45, 2.75) is 19.4 Å². The average molecular weight is 323 g/mol. The molecule has 19 heavy (non-hydrogen) atoms. The molecular weight excluding hydrogens is 307 g/mol. The van der Waals surface area contributed by atoms with Gasteiger partial charge in [-0.3, -0.25) is 4.98 Å². The van der Waals surface area contributed by atoms with E-state index in [9.17, 15) is 4.39 Å². The van der Waals surface area contributed by atoms with Crippen LogP contribution in [0.3, 0.4) is 0 Å². The van der Waals surface area contributed by atoms with Crippen LogP contribution in [0.4, 0.5) is 4.39 Å². The Morgan fingerprint density at radius 3 is 2.89 bits per heavy atom. The van der Waals surface area contributed by atoms with Gasteiger partial charge in [-0.25, -0.2) is 4.39 Å². The molecule has 0 spiro atoms. The first-order valence-corrected chi connectivity index (χ1v) is 7.04. The highest BCUT2D eigenvalue weighted by Gasteiger charge is 2.10. The van der Waals surface area contributed by atoms with Gasteiger partial charge in [-0.2, -0.15) is 0 Å². The number of nitrogens with one attached hydrogen (secondary N) is 1. The van der Waals surface area contributed by atoms with Gasteiger partial charge in [0.1, 0.15) is 5.82 Å². The third-order valence-corrected chi connectivity index (χ3v) is 3.48. The fraction of sp³-hybridized carbons (Fsp3) is 0.267. The number of hydrogen-bond donors (Lipinski definition) is 1. The van der Waals surface area contributed by atoms with E-state index in [4.69, 9.17) is 0 Å². The van der Waals surface area contributed by atoms with Gasteiger partial charge in [-0.15, -0.1) is 0 Å². The van der Waals surface area contributed by atoms with Crippen LogP contribution in [0.15, 0.2) is 47.1 Å². The molecule has 0 saturated carbocycles. The Morgan fingerprint density at radius 1 is 1.32 bits per heavy atom. The highest BCUT2D eigenvalue weighted by molar-refractivity contribution is 9.10. The van der Waals surface area contributed by atoms with Crippen molar-refractivity contribution in [3.8, 4) is 0 Å². The van der Waals surface area contributed by atoms with E-state index < -0.39 is 0 Å². The highest BCUT2D eigenvalue weighted by Crippen LogP contribution is 2.21. The van der Waals surface area contributed by atoms with Crippen LogP contribution < -0.4 is 5.32 Å². The quantitative estimate of drug-likeness (QED) is 0.903. The number of hydrogen-bond acceptors (Lipinski definition) is 2. The van der Waals surface area contributed by atoms with Gasteiger partial charge >= 0.3 is 0 Å². The Morgan fingerprint density at radius 2 is 2.16 bits per heavy atom. The van der Waals surface area contributed by atoms with Crippen LogP contribution in [-0.2, 0) is 6.42 Å². The van der Waals surface area contributed by atoms with Gasteiger partial charge in [0.15, 0.2) is 0 Å². The highest BCUT2D eigenvalue weighted by atomic mass is 79.9. The second-order valence-corrected chi connectivity index (χ2v) is 5.33. The third kappa shape index (κ3) is 4.11. The molecule has 0 fully saturated rings. The SMILES string of the molecule is CC(NCCc1ccccn1)c1cc(Br)ccc1F. The van der Waals surface area contributed by atoms with Gasteiger partial charge < -0.3 is 5.32 Å². The Kier molecular flexibility index (Phi) is 5.05. The molecule has 0 amide bonds. The predicted octanol–water partition coefficient (Wildman–Crippen LogP) is 3.88. The molecule has 0 bridgehead atoms. The molecule has 0 saturated heterocycles. The van der Waals surface area contributed by atoms with Crippen LogP contribution in [-0.4, -0.2) is 11.5 Å². The molecule has 1 N–H and O–H groups in total. The summed E-state index contributed by atoms with van der Waals surface area (Å²) in [5.41, 5.74) is 1.72. The normalized spacial score (nSPS) is 12.4. The van der Waals surface area contributed by atoms with E-state index in [0.717, 1.165) is 23.1 Å². The van der Waals surface area contributed by atoms with Crippen LogP contribution in [0, 0.1) is 5.82 Å². The Bertz CT molecular complexity index is 531. The molecule has 0 aliphatic rings. The van der Waals surface area contributed by atoms with Crippen molar-refractivity contribution in [1.29, 1.82) is 0 Å².